The highest BCUT2D eigenvalue weighted by Gasteiger charge is 2.37. The van der Waals surface area contributed by atoms with E-state index in [4.69, 9.17) is 4.42 Å². The average Bonchev–Trinajstić information content (AvgIpc) is 3.48. The van der Waals surface area contributed by atoms with E-state index in [1.807, 2.05) is 20.8 Å². The highest BCUT2D eigenvalue weighted by molar-refractivity contribution is 5.97. The first-order valence-corrected chi connectivity index (χ1v) is 13.2. The van der Waals surface area contributed by atoms with E-state index in [2.05, 4.69) is 20.9 Å². The second kappa shape index (κ2) is 12.4. The van der Waals surface area contributed by atoms with Crippen molar-refractivity contribution in [2.45, 2.75) is 103 Å². The molecule has 2 heterocycles. The number of nitrogens with zero attached hydrogens (tertiary/aromatic N) is 2. The van der Waals surface area contributed by atoms with E-state index in [1.165, 1.54) is 30.4 Å². The predicted molar refractivity (Wildman–Crippen MR) is 134 cm³/mol. The summed E-state index contributed by atoms with van der Waals surface area (Å²) in [5.74, 6) is -0.464. The normalized spacial score (nSPS) is 19.6. The summed E-state index contributed by atoms with van der Waals surface area (Å²) in [5.41, 5.74) is -0.235. The molecule has 10 heteroatoms. The molecular weight excluding hydrogens is 462 g/mol. The van der Waals surface area contributed by atoms with Gasteiger partial charge in [0.2, 0.25) is 17.7 Å². The number of aromatic nitrogens is 1. The second-order valence-electron chi connectivity index (χ2n) is 11.1. The van der Waals surface area contributed by atoms with Crippen molar-refractivity contribution in [2.75, 3.05) is 13.1 Å². The SMILES string of the molecule is Cc1nc(C(=O)N2CCCC2C(=O)NC(CCC2CCCCC2)C(=O)NCC(=O)NC(C)(C)C)co1. The number of hydrogen-bond acceptors (Lipinski definition) is 6. The van der Waals surface area contributed by atoms with Crippen molar-refractivity contribution in [3.8, 4) is 0 Å². The molecule has 1 aromatic heterocycles. The maximum atomic E-state index is 13.3. The quantitative estimate of drug-likeness (QED) is 0.474. The Morgan fingerprint density at radius 2 is 1.83 bits per heavy atom. The molecule has 200 valence electrons. The highest BCUT2D eigenvalue weighted by atomic mass is 16.3. The first-order valence-electron chi connectivity index (χ1n) is 13.2. The summed E-state index contributed by atoms with van der Waals surface area (Å²) >= 11 is 0. The Morgan fingerprint density at radius 3 is 2.47 bits per heavy atom. The van der Waals surface area contributed by atoms with Crippen LogP contribution in [0.25, 0.3) is 0 Å². The van der Waals surface area contributed by atoms with E-state index >= 15 is 0 Å². The van der Waals surface area contributed by atoms with Gasteiger partial charge in [0.05, 0.1) is 6.54 Å². The fourth-order valence-corrected chi connectivity index (χ4v) is 5.06. The number of nitrogens with one attached hydrogen (secondary N) is 3. The summed E-state index contributed by atoms with van der Waals surface area (Å²) in [6.45, 7) is 7.54. The van der Waals surface area contributed by atoms with Gasteiger partial charge >= 0.3 is 0 Å². The van der Waals surface area contributed by atoms with Crippen molar-refractivity contribution >= 4 is 23.6 Å². The molecule has 1 aliphatic heterocycles. The van der Waals surface area contributed by atoms with Gasteiger partial charge in [-0.05, 0) is 52.4 Å². The lowest BCUT2D eigenvalue weighted by atomic mass is 9.85. The second-order valence-corrected chi connectivity index (χ2v) is 11.1. The summed E-state index contributed by atoms with van der Waals surface area (Å²) in [6.07, 6.45) is 9.74. The van der Waals surface area contributed by atoms with Gasteiger partial charge in [0.15, 0.2) is 11.6 Å². The van der Waals surface area contributed by atoms with E-state index in [0.29, 0.717) is 37.6 Å². The third-order valence-corrected chi connectivity index (χ3v) is 6.81. The molecule has 10 nitrogen and oxygen atoms in total. The molecule has 36 heavy (non-hydrogen) atoms. The molecule has 2 fully saturated rings. The molecule has 2 aliphatic rings. The molecule has 3 rings (SSSR count). The summed E-state index contributed by atoms with van der Waals surface area (Å²) in [4.78, 5) is 57.1. The third-order valence-electron chi connectivity index (χ3n) is 6.81. The minimum atomic E-state index is -0.770. The van der Waals surface area contributed by atoms with Gasteiger partial charge in [-0.25, -0.2) is 4.98 Å². The lowest BCUT2D eigenvalue weighted by Gasteiger charge is -2.27. The van der Waals surface area contributed by atoms with E-state index in [9.17, 15) is 19.2 Å². The number of hydrogen-bond donors (Lipinski definition) is 3. The third kappa shape index (κ3) is 8.06. The monoisotopic (exact) mass is 503 g/mol. The van der Waals surface area contributed by atoms with Crippen molar-refractivity contribution in [1.82, 2.24) is 25.8 Å². The zero-order valence-electron chi connectivity index (χ0n) is 22.0. The van der Waals surface area contributed by atoms with E-state index < -0.39 is 17.6 Å². The van der Waals surface area contributed by atoms with Crippen molar-refractivity contribution in [1.29, 1.82) is 0 Å². The van der Waals surface area contributed by atoms with Crippen molar-refractivity contribution < 1.29 is 23.6 Å². The molecule has 3 N–H and O–H groups in total. The molecule has 4 amide bonds. The molecule has 0 aromatic carbocycles. The first kappa shape index (κ1) is 27.7. The molecule has 0 radical (unpaired) electrons. The minimum absolute atomic E-state index is 0.161. The number of oxazole rings is 1. The van der Waals surface area contributed by atoms with Crippen LogP contribution >= 0.6 is 0 Å². The Labute approximate surface area is 213 Å². The van der Waals surface area contributed by atoms with Crippen LogP contribution in [0.2, 0.25) is 0 Å². The summed E-state index contributed by atoms with van der Waals surface area (Å²) in [6, 6.07) is -1.45. The molecule has 1 aromatic rings. The van der Waals surface area contributed by atoms with Gasteiger partial charge in [0, 0.05) is 19.0 Å². The first-order chi connectivity index (χ1) is 17.0. The molecule has 0 spiro atoms. The van der Waals surface area contributed by atoms with Crippen LogP contribution in [0.3, 0.4) is 0 Å². The van der Waals surface area contributed by atoms with Crippen LogP contribution in [0, 0.1) is 12.8 Å². The molecular formula is C26H41N5O5. The summed E-state index contributed by atoms with van der Waals surface area (Å²) < 4.78 is 5.16. The summed E-state index contributed by atoms with van der Waals surface area (Å²) in [7, 11) is 0. The number of likely N-dealkylation sites (tertiary alicyclic amines) is 1. The Balaban J connectivity index is 1.64. The Hall–Kier alpha value is -2.91. The maximum Gasteiger partial charge on any atom is 0.276 e. The van der Waals surface area contributed by atoms with Crippen molar-refractivity contribution in [2.24, 2.45) is 5.92 Å². The Morgan fingerprint density at radius 1 is 1.11 bits per heavy atom. The van der Waals surface area contributed by atoms with Crippen LogP contribution in [0.5, 0.6) is 0 Å². The van der Waals surface area contributed by atoms with Crippen LogP contribution in [0.4, 0.5) is 0 Å². The lowest BCUT2D eigenvalue weighted by molar-refractivity contribution is -0.132. The van der Waals surface area contributed by atoms with Gasteiger partial charge in [-0.3, -0.25) is 19.2 Å². The zero-order chi connectivity index (χ0) is 26.3. The standard InChI is InChI=1S/C26H41N5O5/c1-17-28-20(16-36-17)25(35)31-14-8-11-21(31)24(34)29-19(13-12-18-9-6-5-7-10-18)23(33)27-15-22(32)30-26(2,3)4/h16,18-19,21H,5-15H2,1-4H3,(H,27,33)(H,29,34)(H,30,32). The van der Waals surface area contributed by atoms with Gasteiger partial charge < -0.3 is 25.3 Å². The van der Waals surface area contributed by atoms with Crippen molar-refractivity contribution in [3.63, 3.8) is 0 Å². The molecule has 1 saturated heterocycles. The summed E-state index contributed by atoms with van der Waals surface area (Å²) in [5, 5.41) is 8.39. The average molecular weight is 504 g/mol. The van der Waals surface area contributed by atoms with Crippen LogP contribution in [-0.4, -0.2) is 64.2 Å². The van der Waals surface area contributed by atoms with Crippen LogP contribution in [-0.2, 0) is 14.4 Å². The largest absolute Gasteiger partial charge is 0.448 e. The van der Waals surface area contributed by atoms with Gasteiger partial charge in [-0.15, -0.1) is 0 Å². The molecule has 0 bridgehead atoms. The minimum Gasteiger partial charge on any atom is -0.448 e. The Bertz CT molecular complexity index is 931. The fraction of sp³-hybridized carbons (Fsp3) is 0.731. The van der Waals surface area contributed by atoms with Gasteiger partial charge in [-0.2, -0.15) is 0 Å². The van der Waals surface area contributed by atoms with Crippen LogP contribution in [0.1, 0.15) is 94.9 Å². The maximum absolute atomic E-state index is 13.3. The fourth-order valence-electron chi connectivity index (χ4n) is 5.06. The molecule has 1 aliphatic carbocycles. The van der Waals surface area contributed by atoms with E-state index in [1.54, 1.807) is 6.92 Å². The number of aryl methyl sites for hydroxylation is 1. The number of amides is 4. The van der Waals surface area contributed by atoms with Crippen LogP contribution in [0.15, 0.2) is 10.7 Å². The molecule has 2 unspecified atom stereocenters. The predicted octanol–water partition coefficient (Wildman–Crippen LogP) is 2.46. The van der Waals surface area contributed by atoms with E-state index in [0.717, 1.165) is 19.3 Å². The molecule has 2 atom stereocenters. The van der Waals surface area contributed by atoms with E-state index in [-0.39, 0.29) is 35.9 Å². The smallest absolute Gasteiger partial charge is 0.276 e. The number of carbonyl (C=O) groups excluding carboxylic acids is 4. The Kier molecular flexibility index (Phi) is 9.50. The van der Waals surface area contributed by atoms with Gasteiger partial charge in [-0.1, -0.05) is 32.1 Å². The zero-order valence-corrected chi connectivity index (χ0v) is 22.0. The van der Waals surface area contributed by atoms with Crippen molar-refractivity contribution in [3.05, 3.63) is 17.8 Å². The van der Waals surface area contributed by atoms with Crippen LogP contribution < -0.4 is 16.0 Å². The topological polar surface area (TPSA) is 134 Å². The lowest BCUT2D eigenvalue weighted by Crippen LogP contribution is -2.54. The highest BCUT2D eigenvalue weighted by Crippen LogP contribution is 2.28. The molecule has 1 saturated carbocycles. The van der Waals surface area contributed by atoms with Gasteiger partial charge in [0.25, 0.3) is 5.91 Å². The number of rotatable bonds is 9. The van der Waals surface area contributed by atoms with Gasteiger partial charge in [0.1, 0.15) is 18.3 Å². The number of carbonyl (C=O) groups is 4.